The molecule has 35 heavy (non-hydrogen) atoms. The number of nitrogens with two attached hydrogens (primary N) is 1. The summed E-state index contributed by atoms with van der Waals surface area (Å²) < 4.78 is 38.5. The first kappa shape index (κ1) is 24.2. The summed E-state index contributed by atoms with van der Waals surface area (Å²) in [5.41, 5.74) is 7.98. The van der Waals surface area contributed by atoms with Gasteiger partial charge in [0.25, 0.3) is 10.0 Å². The van der Waals surface area contributed by atoms with Crippen LogP contribution in [0.4, 0.5) is 0 Å². The molecule has 0 saturated heterocycles. The molecule has 4 aromatic rings. The third-order valence-corrected chi connectivity index (χ3v) is 6.95. The van der Waals surface area contributed by atoms with Crippen molar-refractivity contribution in [3.05, 3.63) is 77.6 Å². The zero-order valence-electron chi connectivity index (χ0n) is 18.9. The first-order chi connectivity index (χ1) is 16.8. The van der Waals surface area contributed by atoms with Gasteiger partial charge in [0.2, 0.25) is 0 Å². The summed E-state index contributed by atoms with van der Waals surface area (Å²) >= 11 is 0. The fourth-order valence-electron chi connectivity index (χ4n) is 3.45. The first-order valence-electron chi connectivity index (χ1n) is 10.7. The van der Waals surface area contributed by atoms with Crippen LogP contribution >= 0.6 is 0 Å². The number of ether oxygens (including phenoxy) is 2. The molecule has 2 aromatic heterocycles. The van der Waals surface area contributed by atoms with Gasteiger partial charge < -0.3 is 20.3 Å². The highest BCUT2D eigenvalue weighted by Crippen LogP contribution is 2.27. The summed E-state index contributed by atoms with van der Waals surface area (Å²) in [7, 11) is -2.65. The van der Waals surface area contributed by atoms with Crippen LogP contribution in [-0.4, -0.2) is 40.8 Å². The molecule has 0 bridgehead atoms. The summed E-state index contributed by atoms with van der Waals surface area (Å²) in [5, 5.41) is 13.7. The van der Waals surface area contributed by atoms with Crippen molar-refractivity contribution in [2.24, 2.45) is 5.73 Å². The Morgan fingerprint density at radius 2 is 1.74 bits per heavy atom. The number of methoxy groups -OCH3 is 1. The van der Waals surface area contributed by atoms with Gasteiger partial charge in [0.15, 0.2) is 5.65 Å². The lowest BCUT2D eigenvalue weighted by atomic mass is 10.1. The van der Waals surface area contributed by atoms with Gasteiger partial charge in [-0.1, -0.05) is 24.3 Å². The number of pyridine rings is 1. The number of aryl methyl sites for hydroxylation is 1. The van der Waals surface area contributed by atoms with E-state index in [1.807, 2.05) is 24.3 Å². The van der Waals surface area contributed by atoms with Crippen molar-refractivity contribution in [2.75, 3.05) is 7.11 Å². The number of fused-ring (bicyclic) bond motifs is 1. The number of benzene rings is 2. The van der Waals surface area contributed by atoms with Gasteiger partial charge in [0.1, 0.15) is 18.1 Å². The van der Waals surface area contributed by atoms with Crippen LogP contribution in [0.2, 0.25) is 0 Å². The molecule has 2 aromatic carbocycles. The summed E-state index contributed by atoms with van der Waals surface area (Å²) in [4.78, 5) is 15.2. The van der Waals surface area contributed by atoms with Gasteiger partial charge in [0.05, 0.1) is 30.3 Å². The van der Waals surface area contributed by atoms with Crippen LogP contribution in [0.25, 0.3) is 11.0 Å². The molecule has 0 aliphatic carbocycles. The van der Waals surface area contributed by atoms with E-state index in [0.717, 1.165) is 15.2 Å². The Morgan fingerprint density at radius 3 is 2.37 bits per heavy atom. The minimum Gasteiger partial charge on any atom is -0.495 e. The highest BCUT2D eigenvalue weighted by Gasteiger charge is 2.24. The smallest absolute Gasteiger partial charge is 0.303 e. The molecule has 10 nitrogen and oxygen atoms in total. The predicted octanol–water partition coefficient (Wildman–Crippen LogP) is 2.73. The van der Waals surface area contributed by atoms with Gasteiger partial charge in [0, 0.05) is 18.4 Å². The molecular formula is C24H24N4O6S. The van der Waals surface area contributed by atoms with Crippen molar-refractivity contribution < 1.29 is 27.8 Å². The van der Waals surface area contributed by atoms with Gasteiger partial charge in [-0.2, -0.15) is 13.5 Å². The molecule has 0 atom stereocenters. The van der Waals surface area contributed by atoms with Crippen LogP contribution in [0.15, 0.2) is 65.7 Å². The van der Waals surface area contributed by atoms with Crippen LogP contribution in [-0.2, 0) is 34.4 Å². The molecule has 0 aliphatic rings. The number of carbonyl (C=O) groups is 1. The molecule has 0 saturated carbocycles. The van der Waals surface area contributed by atoms with Crippen LogP contribution in [0.1, 0.15) is 23.2 Å². The highest BCUT2D eigenvalue weighted by molar-refractivity contribution is 7.90. The second-order valence-corrected chi connectivity index (χ2v) is 9.48. The van der Waals surface area contributed by atoms with Crippen LogP contribution in [0.3, 0.4) is 0 Å². The molecule has 11 heteroatoms. The Morgan fingerprint density at radius 1 is 1.06 bits per heavy atom. The number of aliphatic carboxylic acids is 1. The monoisotopic (exact) mass is 496 g/mol. The number of aromatic nitrogens is 3. The molecule has 0 aliphatic heterocycles. The second kappa shape index (κ2) is 10.1. The van der Waals surface area contributed by atoms with E-state index in [-0.39, 0.29) is 23.4 Å². The van der Waals surface area contributed by atoms with E-state index in [9.17, 15) is 13.2 Å². The molecule has 0 unspecified atom stereocenters. The molecule has 3 N–H and O–H groups in total. The van der Waals surface area contributed by atoms with Crippen molar-refractivity contribution in [1.82, 2.24) is 14.2 Å². The van der Waals surface area contributed by atoms with Crippen molar-refractivity contribution >= 4 is 27.0 Å². The van der Waals surface area contributed by atoms with Crippen molar-refractivity contribution in [3.8, 4) is 11.5 Å². The van der Waals surface area contributed by atoms with E-state index in [1.165, 1.54) is 25.4 Å². The topological polar surface area (TPSA) is 147 Å². The largest absolute Gasteiger partial charge is 0.495 e. The second-order valence-electron chi connectivity index (χ2n) is 7.72. The SMILES string of the molecule is COc1cnc2c(c1)c(CCC(=O)O)nn2S(=O)(=O)c1ccc(OCc2ccc(CN)cc2)cc1. The maximum absolute atomic E-state index is 13.4. The zero-order valence-corrected chi connectivity index (χ0v) is 19.7. The molecule has 0 spiro atoms. The van der Waals surface area contributed by atoms with Gasteiger partial charge in [-0.25, -0.2) is 4.98 Å². The average Bonchev–Trinajstić information content (AvgIpc) is 3.25. The predicted molar refractivity (Wildman–Crippen MR) is 128 cm³/mol. The molecule has 0 radical (unpaired) electrons. The van der Waals surface area contributed by atoms with Crippen LogP contribution < -0.4 is 15.2 Å². The average molecular weight is 497 g/mol. The maximum Gasteiger partial charge on any atom is 0.303 e. The Balaban J connectivity index is 1.59. The number of carboxylic acids is 1. The van der Waals surface area contributed by atoms with E-state index in [4.69, 9.17) is 20.3 Å². The van der Waals surface area contributed by atoms with Crippen LogP contribution in [0.5, 0.6) is 11.5 Å². The van der Waals surface area contributed by atoms with E-state index in [2.05, 4.69) is 10.1 Å². The number of hydrogen-bond donors (Lipinski definition) is 2. The van der Waals surface area contributed by atoms with Gasteiger partial charge in [-0.15, -0.1) is 4.09 Å². The normalized spacial score (nSPS) is 11.5. The lowest BCUT2D eigenvalue weighted by Crippen LogP contribution is -2.15. The van der Waals surface area contributed by atoms with Gasteiger partial charge >= 0.3 is 5.97 Å². The van der Waals surface area contributed by atoms with E-state index >= 15 is 0 Å². The Hall–Kier alpha value is -3.96. The fraction of sp³-hybridized carbons (Fsp3) is 0.208. The summed E-state index contributed by atoms with van der Waals surface area (Å²) in [5.74, 6) is -0.107. The van der Waals surface area contributed by atoms with Gasteiger partial charge in [-0.05, 0) is 41.5 Å². The minimum atomic E-state index is -4.11. The standard InChI is InChI=1S/C24H24N4O6S/c1-33-19-12-21-22(10-11-23(29)30)27-28(24(21)26-14-19)35(31,32)20-8-6-18(7-9-20)34-15-17-4-2-16(13-25)3-5-17/h2-9,12,14H,10-11,13,15,25H2,1H3,(H,29,30). The van der Waals surface area contributed by atoms with Crippen molar-refractivity contribution in [3.63, 3.8) is 0 Å². The first-order valence-corrected chi connectivity index (χ1v) is 12.2. The van der Waals surface area contributed by atoms with Crippen LogP contribution in [0, 0.1) is 0 Å². The van der Waals surface area contributed by atoms with Crippen molar-refractivity contribution in [1.29, 1.82) is 0 Å². The third-order valence-electron chi connectivity index (χ3n) is 5.37. The molecular weight excluding hydrogens is 472 g/mol. The zero-order chi connectivity index (χ0) is 25.0. The van der Waals surface area contributed by atoms with E-state index in [1.54, 1.807) is 18.2 Å². The number of carboxylic acid groups (broad SMARTS) is 1. The quantitative estimate of drug-likeness (QED) is 0.338. The minimum absolute atomic E-state index is 0.0102. The molecule has 4 rings (SSSR count). The Labute approximate surface area is 202 Å². The Bertz CT molecular complexity index is 1450. The lowest BCUT2D eigenvalue weighted by Gasteiger charge is -2.09. The maximum atomic E-state index is 13.4. The fourth-order valence-corrected chi connectivity index (χ4v) is 4.71. The Kier molecular flexibility index (Phi) is 6.99. The molecule has 0 fully saturated rings. The number of hydrogen-bond acceptors (Lipinski definition) is 8. The molecule has 0 amide bonds. The molecule has 2 heterocycles. The highest BCUT2D eigenvalue weighted by atomic mass is 32.2. The summed E-state index contributed by atoms with van der Waals surface area (Å²) in [6.45, 7) is 0.784. The molecule has 182 valence electrons. The van der Waals surface area contributed by atoms with E-state index in [0.29, 0.717) is 35.7 Å². The lowest BCUT2D eigenvalue weighted by molar-refractivity contribution is -0.136. The van der Waals surface area contributed by atoms with Gasteiger partial charge in [-0.3, -0.25) is 4.79 Å². The third kappa shape index (κ3) is 5.26. The summed E-state index contributed by atoms with van der Waals surface area (Å²) in [6.07, 6.45) is 1.22. The number of rotatable bonds is 10. The summed E-state index contributed by atoms with van der Waals surface area (Å²) in [6, 6.07) is 15.3. The van der Waals surface area contributed by atoms with Crippen molar-refractivity contribution in [2.45, 2.75) is 30.9 Å². The van der Waals surface area contributed by atoms with E-state index < -0.39 is 16.0 Å². The number of nitrogens with zero attached hydrogens (tertiary/aromatic N) is 3.